The Balaban J connectivity index is 1.50. The summed E-state index contributed by atoms with van der Waals surface area (Å²) >= 11 is 0. The Morgan fingerprint density at radius 3 is 1.81 bits per heavy atom. The smallest absolute Gasteiger partial charge is 0.346 e. The van der Waals surface area contributed by atoms with Crippen LogP contribution in [0.5, 0.6) is 23.0 Å². The van der Waals surface area contributed by atoms with Gasteiger partial charge >= 0.3 is 5.97 Å². The summed E-state index contributed by atoms with van der Waals surface area (Å²) in [4.78, 5) is 13.1. The van der Waals surface area contributed by atoms with Crippen LogP contribution in [0.2, 0.25) is 0 Å². The number of hydrogen-bond acceptors (Lipinski definition) is 16. The molecule has 2 aromatic rings. The van der Waals surface area contributed by atoms with Crippen molar-refractivity contribution in [2.24, 2.45) is 0 Å². The molecule has 0 radical (unpaired) electrons. The second-order valence-corrected chi connectivity index (χ2v) is 9.81. The van der Waals surface area contributed by atoms with E-state index in [1.165, 1.54) is 18.2 Å². The van der Waals surface area contributed by atoms with Gasteiger partial charge in [-0.3, -0.25) is 0 Å². The summed E-state index contributed by atoms with van der Waals surface area (Å²) in [5.74, 6) is -2.13. The van der Waals surface area contributed by atoms with Gasteiger partial charge in [-0.25, -0.2) is 4.79 Å². The molecule has 4 rings (SSSR count). The number of aromatic hydroxyl groups is 1. The number of carbonyl (C=O) groups is 1. The fourth-order valence-electron chi connectivity index (χ4n) is 4.58. The average molecular weight is 615 g/mol. The van der Waals surface area contributed by atoms with Crippen LogP contribution in [-0.4, -0.2) is 134 Å². The maximum atomic E-state index is 13.1. The van der Waals surface area contributed by atoms with Gasteiger partial charge in [-0.15, -0.1) is 0 Å². The van der Waals surface area contributed by atoms with Crippen LogP contribution >= 0.6 is 0 Å². The number of aliphatic hydroxyl groups excluding tert-OH is 8. The van der Waals surface area contributed by atoms with Gasteiger partial charge in [-0.1, -0.05) is 18.2 Å². The molecule has 0 aliphatic carbocycles. The number of phenolic OH excluding ortho intramolecular Hbond substituents is 1. The van der Waals surface area contributed by atoms with Crippen molar-refractivity contribution in [3.8, 4) is 23.0 Å². The summed E-state index contributed by atoms with van der Waals surface area (Å²) in [6.45, 7) is -1.79. The van der Waals surface area contributed by atoms with Crippen molar-refractivity contribution in [1.82, 2.24) is 0 Å². The lowest BCUT2D eigenvalue weighted by atomic mass is 9.99. The highest BCUT2D eigenvalue weighted by atomic mass is 16.7. The summed E-state index contributed by atoms with van der Waals surface area (Å²) in [6, 6.07) is 8.40. The summed E-state index contributed by atoms with van der Waals surface area (Å²) < 4.78 is 32.6. The molecule has 238 valence electrons. The monoisotopic (exact) mass is 614 g/mol. The number of para-hydroxylation sites is 1. The van der Waals surface area contributed by atoms with Crippen LogP contribution in [0.15, 0.2) is 36.4 Å². The lowest BCUT2D eigenvalue weighted by Gasteiger charge is -2.39. The van der Waals surface area contributed by atoms with Gasteiger partial charge in [0.25, 0.3) is 0 Å². The van der Waals surface area contributed by atoms with Crippen molar-refractivity contribution in [3.05, 3.63) is 47.5 Å². The van der Waals surface area contributed by atoms with Crippen LogP contribution in [-0.2, 0) is 20.8 Å². The molecule has 2 fully saturated rings. The Bertz CT molecular complexity index is 1240. The molecular weight excluding hydrogens is 580 g/mol. The quantitative estimate of drug-likeness (QED) is 0.122. The van der Waals surface area contributed by atoms with Crippen molar-refractivity contribution < 1.29 is 79.2 Å². The number of methoxy groups -OCH3 is 1. The van der Waals surface area contributed by atoms with E-state index in [0.717, 1.165) is 13.2 Å². The molecule has 0 spiro atoms. The Morgan fingerprint density at radius 1 is 0.744 bits per heavy atom. The number of phenols is 1. The summed E-state index contributed by atoms with van der Waals surface area (Å²) in [5.41, 5.74) is -0.211. The zero-order valence-electron chi connectivity index (χ0n) is 22.7. The molecule has 2 aromatic carbocycles. The van der Waals surface area contributed by atoms with Crippen LogP contribution < -0.4 is 14.2 Å². The van der Waals surface area contributed by atoms with Crippen molar-refractivity contribution in [2.45, 2.75) is 68.0 Å². The molecule has 2 aliphatic rings. The number of aliphatic hydroxyl groups is 8. The number of carbonyl (C=O) groups excluding carboxylic acids is 1. The first-order valence-electron chi connectivity index (χ1n) is 13.1. The Morgan fingerprint density at radius 2 is 1.28 bits per heavy atom. The number of benzene rings is 2. The van der Waals surface area contributed by atoms with E-state index >= 15 is 0 Å². The van der Waals surface area contributed by atoms with E-state index in [4.69, 9.17) is 28.4 Å². The molecule has 16 heteroatoms. The van der Waals surface area contributed by atoms with Crippen LogP contribution in [0, 0.1) is 0 Å². The zero-order chi connectivity index (χ0) is 31.4. The van der Waals surface area contributed by atoms with Gasteiger partial charge in [-0.2, -0.15) is 0 Å². The number of rotatable bonds is 10. The van der Waals surface area contributed by atoms with Gasteiger partial charge in [0, 0.05) is 5.56 Å². The summed E-state index contributed by atoms with van der Waals surface area (Å²) in [7, 11) is 1.16. The highest BCUT2D eigenvalue weighted by Gasteiger charge is 2.46. The predicted octanol–water partition coefficient (Wildman–Crippen LogP) is -2.88. The number of hydrogen-bond donors (Lipinski definition) is 9. The van der Waals surface area contributed by atoms with Crippen molar-refractivity contribution in [3.63, 3.8) is 0 Å². The average Bonchev–Trinajstić information content (AvgIpc) is 3.01. The minimum Gasteiger partial charge on any atom is -0.507 e. The van der Waals surface area contributed by atoms with Gasteiger partial charge < -0.3 is 74.4 Å². The lowest BCUT2D eigenvalue weighted by Crippen LogP contribution is -2.60. The maximum absolute atomic E-state index is 13.1. The number of esters is 1. The molecule has 2 aliphatic heterocycles. The molecule has 16 nitrogen and oxygen atoms in total. The van der Waals surface area contributed by atoms with E-state index in [2.05, 4.69) is 0 Å². The zero-order valence-corrected chi connectivity index (χ0v) is 22.7. The van der Waals surface area contributed by atoms with Gasteiger partial charge in [0.2, 0.25) is 12.6 Å². The molecular formula is C27H34O16. The molecule has 0 aromatic heterocycles. The fraction of sp³-hybridized carbons (Fsp3) is 0.519. The van der Waals surface area contributed by atoms with E-state index < -0.39 is 98.5 Å². The van der Waals surface area contributed by atoms with Gasteiger partial charge in [0.15, 0.2) is 11.5 Å². The van der Waals surface area contributed by atoms with Gasteiger partial charge in [0.05, 0.1) is 20.3 Å². The summed E-state index contributed by atoms with van der Waals surface area (Å²) in [5, 5.41) is 90.0. The van der Waals surface area contributed by atoms with Crippen LogP contribution in [0.25, 0.3) is 0 Å². The van der Waals surface area contributed by atoms with Gasteiger partial charge in [-0.05, 0) is 18.2 Å². The highest BCUT2D eigenvalue weighted by Crippen LogP contribution is 2.39. The molecule has 43 heavy (non-hydrogen) atoms. The van der Waals surface area contributed by atoms with Crippen LogP contribution in [0.1, 0.15) is 15.9 Å². The molecule has 2 heterocycles. The molecule has 10 atom stereocenters. The van der Waals surface area contributed by atoms with Crippen molar-refractivity contribution in [2.75, 3.05) is 20.3 Å². The first kappa shape index (κ1) is 32.6. The summed E-state index contributed by atoms with van der Waals surface area (Å²) in [6.07, 6.45) is -15.6. The third kappa shape index (κ3) is 6.78. The molecule has 2 saturated heterocycles. The highest BCUT2D eigenvalue weighted by molar-refractivity contribution is 5.96. The molecule has 0 saturated carbocycles. The van der Waals surface area contributed by atoms with Crippen LogP contribution in [0.3, 0.4) is 0 Å². The van der Waals surface area contributed by atoms with E-state index in [9.17, 15) is 50.8 Å². The van der Waals surface area contributed by atoms with Crippen molar-refractivity contribution in [1.29, 1.82) is 0 Å². The Labute approximate surface area is 244 Å². The first-order valence-corrected chi connectivity index (χ1v) is 13.1. The molecule has 0 bridgehead atoms. The first-order chi connectivity index (χ1) is 20.5. The normalized spacial score (nSPS) is 32.6. The molecule has 0 amide bonds. The Kier molecular flexibility index (Phi) is 10.6. The fourth-order valence-corrected chi connectivity index (χ4v) is 4.58. The third-order valence-corrected chi connectivity index (χ3v) is 7.02. The minimum atomic E-state index is -1.76. The maximum Gasteiger partial charge on any atom is 0.346 e. The molecule has 0 unspecified atom stereocenters. The standard InChI is InChI=1S/C27H34O16/c1-38-24-14(41-27-23(36)21(34)19(32)16(9-29)43-27)7-6-12(30)17(24)25(37)39-10-11-4-2-3-5-13(11)40-26-22(35)20(33)18(31)15(8-28)42-26/h2-7,15-16,18-23,26-36H,8-10H2,1H3/t15-,16-,18-,19+,20+,21-,22-,23-,26-,27-/m1/s1. The Hall–Kier alpha value is -3.29. The van der Waals surface area contributed by atoms with Crippen LogP contribution in [0.4, 0.5) is 0 Å². The predicted molar refractivity (Wildman–Crippen MR) is 139 cm³/mol. The van der Waals surface area contributed by atoms with E-state index in [1.54, 1.807) is 12.1 Å². The van der Waals surface area contributed by atoms with E-state index in [-0.39, 0.29) is 22.8 Å². The second kappa shape index (κ2) is 14.0. The SMILES string of the molecule is COc1c(O[C@@H]2O[C@H](CO)[C@H](O)[C@@H](O)[C@H]2O)ccc(O)c1C(=O)OCc1ccccc1O[C@@H]1O[C@H](CO)[C@@H](O)[C@H](O)[C@H]1O. The third-order valence-electron chi connectivity index (χ3n) is 7.02. The molecule has 9 N–H and O–H groups in total. The van der Waals surface area contributed by atoms with Gasteiger partial charge in [0.1, 0.15) is 72.5 Å². The van der Waals surface area contributed by atoms with E-state index in [0.29, 0.717) is 0 Å². The minimum absolute atomic E-state index is 0.0653. The van der Waals surface area contributed by atoms with Crippen molar-refractivity contribution >= 4 is 5.97 Å². The second-order valence-electron chi connectivity index (χ2n) is 9.81. The topological polar surface area (TPSA) is 255 Å². The lowest BCUT2D eigenvalue weighted by molar-refractivity contribution is -0.277. The number of ether oxygens (including phenoxy) is 6. The van der Waals surface area contributed by atoms with E-state index in [1.807, 2.05) is 0 Å². The largest absolute Gasteiger partial charge is 0.507 e.